The van der Waals surface area contributed by atoms with E-state index in [9.17, 15) is 22.2 Å². The fourth-order valence-corrected chi connectivity index (χ4v) is 7.90. The Bertz CT molecular complexity index is 1420. The third-order valence-corrected chi connectivity index (χ3v) is 9.81. The summed E-state index contributed by atoms with van der Waals surface area (Å²) in [5.41, 5.74) is 2.69. The van der Waals surface area contributed by atoms with Crippen molar-refractivity contribution in [3.8, 4) is 5.75 Å². The lowest BCUT2D eigenvalue weighted by atomic mass is 9.76. The summed E-state index contributed by atoms with van der Waals surface area (Å²) in [6.45, 7) is 3.80. The summed E-state index contributed by atoms with van der Waals surface area (Å²) >= 11 is 0. The Kier molecular flexibility index (Phi) is 8.19. The Labute approximate surface area is 245 Å². The predicted octanol–water partition coefficient (Wildman–Crippen LogP) is 5.16. The minimum absolute atomic E-state index is 0.0139. The first-order valence-corrected chi connectivity index (χ1v) is 15.0. The fraction of sp³-hybridized carbons (Fsp3) is 0.533. The maximum absolute atomic E-state index is 14.3. The number of ether oxygens (including phenoxy) is 4. The van der Waals surface area contributed by atoms with Gasteiger partial charge in [0.15, 0.2) is 12.8 Å². The summed E-state index contributed by atoms with van der Waals surface area (Å²) in [6.07, 6.45) is -2.26. The van der Waals surface area contributed by atoms with E-state index >= 15 is 0 Å². The number of nitrogens with zero attached hydrogens (tertiary/aromatic N) is 2. The lowest BCUT2D eigenvalue weighted by Gasteiger charge is -2.35. The molecule has 228 valence electrons. The van der Waals surface area contributed by atoms with Crippen molar-refractivity contribution in [3.63, 3.8) is 0 Å². The average Bonchev–Trinajstić information content (AvgIpc) is 3.57. The van der Waals surface area contributed by atoms with Gasteiger partial charge < -0.3 is 18.9 Å². The van der Waals surface area contributed by atoms with Crippen molar-refractivity contribution in [1.82, 2.24) is 4.98 Å². The van der Waals surface area contributed by atoms with Crippen LogP contribution in [0.2, 0.25) is 0 Å². The molecule has 0 N–H and O–H groups in total. The Hall–Kier alpha value is -2.96. The summed E-state index contributed by atoms with van der Waals surface area (Å²) < 4.78 is 74.2. The van der Waals surface area contributed by atoms with Crippen LogP contribution < -0.4 is 9.64 Å². The van der Waals surface area contributed by atoms with Crippen LogP contribution in [0.3, 0.4) is 0 Å². The number of pyridine rings is 1. The number of para-hydroxylation sites is 1. The number of halogens is 3. The van der Waals surface area contributed by atoms with Gasteiger partial charge in [-0.15, -0.1) is 0 Å². The van der Waals surface area contributed by atoms with Gasteiger partial charge in [-0.3, -0.25) is 18.9 Å². The smallest absolute Gasteiger partial charge is 0.422 e. The van der Waals surface area contributed by atoms with Crippen LogP contribution in [0.4, 0.5) is 18.9 Å². The first-order chi connectivity index (χ1) is 19.8. The number of aromatic nitrogens is 1. The molecular weight excluding hydrogens is 573 g/mol. The van der Waals surface area contributed by atoms with Gasteiger partial charge in [-0.1, -0.05) is 18.2 Å². The van der Waals surface area contributed by atoms with Gasteiger partial charge in [-0.25, -0.2) is 0 Å². The number of alkyl halides is 3. The van der Waals surface area contributed by atoms with E-state index in [-0.39, 0.29) is 36.0 Å². The summed E-state index contributed by atoms with van der Waals surface area (Å²) in [5, 5.41) is 0.557. The average molecular weight is 609 g/mol. The molecule has 0 saturated heterocycles. The molecule has 3 heterocycles. The number of allylic oxidation sites excluding steroid dienone is 1. The zero-order valence-corrected chi connectivity index (χ0v) is 25.1. The molecule has 1 aromatic heterocycles. The molecule has 2 aliphatic heterocycles. The highest BCUT2D eigenvalue weighted by Gasteiger charge is 2.69. The van der Waals surface area contributed by atoms with Gasteiger partial charge in [0.1, 0.15) is 16.2 Å². The number of carbonyl (C=O) groups excluding carboxylic acids is 1. The number of rotatable bonds is 12. The topological polar surface area (TPSA) is 87.2 Å². The molecule has 4 atom stereocenters. The second kappa shape index (κ2) is 11.3. The van der Waals surface area contributed by atoms with Crippen LogP contribution in [0.1, 0.15) is 43.5 Å². The van der Waals surface area contributed by atoms with Crippen LogP contribution in [-0.4, -0.2) is 61.6 Å². The fourth-order valence-electron chi connectivity index (χ4n) is 6.25. The highest BCUT2D eigenvalue weighted by Crippen LogP contribution is 2.74. The van der Waals surface area contributed by atoms with Crippen molar-refractivity contribution in [2.75, 3.05) is 38.9 Å². The number of hydrogen-bond donors (Lipinski definition) is 0. The second-order valence-electron chi connectivity index (χ2n) is 11.5. The molecule has 0 radical (unpaired) electrons. The maximum atomic E-state index is 14.3. The molecule has 12 heteroatoms. The first-order valence-electron chi connectivity index (χ1n) is 13.7. The lowest BCUT2D eigenvalue weighted by Crippen LogP contribution is -2.45. The number of hydrogen-bond acceptors (Lipinski definition) is 8. The number of fused-ring (bicyclic) bond motifs is 1. The van der Waals surface area contributed by atoms with E-state index in [1.807, 2.05) is 23.1 Å². The van der Waals surface area contributed by atoms with E-state index in [0.29, 0.717) is 16.3 Å². The SMILES string of the molecule is COCC(C)(COC)C(=O)OC(C)N1C(S(=O)Cc2nccc(OCC(F)(F)F)c2C)=C2CC3(CC23)c2ccccc21. The van der Waals surface area contributed by atoms with Crippen LogP contribution in [0.25, 0.3) is 0 Å². The summed E-state index contributed by atoms with van der Waals surface area (Å²) in [5.74, 6) is -0.276. The molecule has 2 saturated carbocycles. The van der Waals surface area contributed by atoms with Crippen molar-refractivity contribution in [3.05, 3.63) is 64.0 Å². The van der Waals surface area contributed by atoms with E-state index in [1.54, 1.807) is 20.8 Å². The molecule has 42 heavy (non-hydrogen) atoms. The number of benzene rings is 1. The maximum Gasteiger partial charge on any atom is 0.422 e. The van der Waals surface area contributed by atoms with Crippen LogP contribution in [0.15, 0.2) is 47.1 Å². The van der Waals surface area contributed by atoms with Crippen LogP contribution in [0, 0.1) is 18.3 Å². The van der Waals surface area contributed by atoms with Crippen LogP contribution in [0.5, 0.6) is 5.75 Å². The second-order valence-corrected chi connectivity index (χ2v) is 12.9. The third kappa shape index (κ3) is 5.44. The minimum Gasteiger partial charge on any atom is -0.484 e. The number of carbonyl (C=O) groups is 1. The van der Waals surface area contributed by atoms with E-state index in [0.717, 1.165) is 29.7 Å². The van der Waals surface area contributed by atoms with Gasteiger partial charge in [-0.2, -0.15) is 13.2 Å². The molecule has 4 aliphatic rings. The minimum atomic E-state index is -4.49. The van der Waals surface area contributed by atoms with Gasteiger partial charge in [0, 0.05) is 37.1 Å². The monoisotopic (exact) mass is 608 g/mol. The standard InChI is InChI=1S/C30H35F3N2O6S/c1-18-23(34-11-10-25(18)40-17-30(31,32)33)14-42(37)26-20-12-29(13-22(20)29)21-8-6-7-9-24(21)35(26)19(2)41-27(36)28(3,15-38-4)16-39-5/h6-11,19,22H,12-17H2,1-5H3. The normalized spacial score (nSPS) is 22.4. The highest BCUT2D eigenvalue weighted by atomic mass is 32.2. The number of anilines is 1. The molecule has 8 nitrogen and oxygen atoms in total. The molecule has 6 rings (SSSR count). The van der Waals surface area contributed by atoms with Gasteiger partial charge in [-0.05, 0) is 62.8 Å². The molecule has 2 bridgehead atoms. The van der Waals surface area contributed by atoms with E-state index < -0.39 is 41.2 Å². The molecule has 2 aliphatic carbocycles. The van der Waals surface area contributed by atoms with Gasteiger partial charge in [0.2, 0.25) is 0 Å². The molecule has 1 spiro atoms. The largest absolute Gasteiger partial charge is 0.484 e. The van der Waals surface area contributed by atoms with Crippen LogP contribution >= 0.6 is 0 Å². The molecule has 1 aromatic carbocycles. The van der Waals surface area contributed by atoms with Crippen molar-refractivity contribution >= 4 is 22.5 Å². The summed E-state index contributed by atoms with van der Waals surface area (Å²) in [7, 11) is 1.32. The van der Waals surface area contributed by atoms with Crippen molar-refractivity contribution in [1.29, 1.82) is 0 Å². The Morgan fingerprint density at radius 3 is 2.50 bits per heavy atom. The third-order valence-electron chi connectivity index (χ3n) is 8.39. The molecule has 2 fully saturated rings. The summed E-state index contributed by atoms with van der Waals surface area (Å²) in [4.78, 5) is 19.6. The molecular formula is C30H35F3N2O6S. The van der Waals surface area contributed by atoms with E-state index in [4.69, 9.17) is 18.9 Å². The molecule has 4 unspecified atom stereocenters. The Morgan fingerprint density at radius 1 is 1.17 bits per heavy atom. The Balaban J connectivity index is 1.48. The summed E-state index contributed by atoms with van der Waals surface area (Å²) in [6, 6.07) is 9.27. The van der Waals surface area contributed by atoms with Gasteiger partial charge in [0.25, 0.3) is 0 Å². The van der Waals surface area contributed by atoms with Crippen molar-refractivity contribution in [2.24, 2.45) is 11.3 Å². The highest BCUT2D eigenvalue weighted by molar-refractivity contribution is 7.88. The van der Waals surface area contributed by atoms with Crippen LogP contribution in [-0.2, 0) is 41.0 Å². The quantitative estimate of drug-likeness (QED) is 0.306. The number of esters is 1. The molecule has 2 aromatic rings. The number of methoxy groups -OCH3 is 2. The molecule has 0 amide bonds. The Morgan fingerprint density at radius 2 is 1.86 bits per heavy atom. The zero-order chi connectivity index (χ0) is 30.4. The first kappa shape index (κ1) is 30.5. The zero-order valence-electron chi connectivity index (χ0n) is 24.2. The lowest BCUT2D eigenvalue weighted by molar-refractivity contribution is -0.166. The van der Waals surface area contributed by atoms with E-state index in [1.165, 1.54) is 26.5 Å². The van der Waals surface area contributed by atoms with E-state index in [2.05, 4.69) is 11.1 Å². The van der Waals surface area contributed by atoms with Crippen molar-refractivity contribution in [2.45, 2.75) is 57.2 Å². The van der Waals surface area contributed by atoms with Gasteiger partial charge >= 0.3 is 12.1 Å². The van der Waals surface area contributed by atoms with Gasteiger partial charge in [0.05, 0.1) is 35.5 Å². The van der Waals surface area contributed by atoms with Crippen molar-refractivity contribution < 1.29 is 41.1 Å². The predicted molar refractivity (Wildman–Crippen MR) is 150 cm³/mol.